The number of aliphatic hydroxyl groups excluding tert-OH is 1. The molecule has 0 saturated carbocycles. The van der Waals surface area contributed by atoms with Gasteiger partial charge in [0.15, 0.2) is 0 Å². The van der Waals surface area contributed by atoms with E-state index in [1.165, 1.54) is 6.07 Å². The topological polar surface area (TPSA) is 95.7 Å². The normalized spacial score (nSPS) is 17.8. The van der Waals surface area contributed by atoms with E-state index in [2.05, 4.69) is 10.2 Å². The van der Waals surface area contributed by atoms with Crippen LogP contribution in [-0.2, 0) is 4.79 Å². The van der Waals surface area contributed by atoms with Gasteiger partial charge in [-0.15, -0.1) is 0 Å². The first-order valence-electron chi connectivity index (χ1n) is 8.41. The SMILES string of the molecule is Cc1c(NC(=O)CCN2CCCC2CCCO)cccc1[N+](=O)[O-]. The quantitative estimate of drug-likeness (QED) is 0.562. The lowest BCUT2D eigenvalue weighted by atomic mass is 10.1. The van der Waals surface area contributed by atoms with E-state index in [1.807, 2.05) is 0 Å². The Hall–Kier alpha value is -1.99. The maximum Gasteiger partial charge on any atom is 0.274 e. The molecule has 1 atom stereocenters. The monoisotopic (exact) mass is 335 g/mol. The van der Waals surface area contributed by atoms with E-state index < -0.39 is 4.92 Å². The summed E-state index contributed by atoms with van der Waals surface area (Å²) in [7, 11) is 0. The van der Waals surface area contributed by atoms with E-state index in [9.17, 15) is 14.9 Å². The standard InChI is InChI=1S/C17H25N3O4/c1-13-15(7-2-8-16(13)20(23)24)18-17(22)9-11-19-10-3-5-14(19)6-4-12-21/h2,7-8,14,21H,3-6,9-12H2,1H3,(H,18,22). The zero-order chi connectivity index (χ0) is 17.5. The molecule has 1 amide bonds. The average Bonchev–Trinajstić information content (AvgIpc) is 3.00. The van der Waals surface area contributed by atoms with E-state index >= 15 is 0 Å². The van der Waals surface area contributed by atoms with Gasteiger partial charge >= 0.3 is 0 Å². The number of hydrogen-bond donors (Lipinski definition) is 2. The molecular weight excluding hydrogens is 310 g/mol. The van der Waals surface area contributed by atoms with Crippen molar-refractivity contribution in [2.75, 3.05) is 25.0 Å². The van der Waals surface area contributed by atoms with Gasteiger partial charge in [0.1, 0.15) is 0 Å². The van der Waals surface area contributed by atoms with Gasteiger partial charge in [0.05, 0.1) is 16.2 Å². The van der Waals surface area contributed by atoms with Crippen LogP contribution in [0.3, 0.4) is 0 Å². The highest BCUT2D eigenvalue weighted by Crippen LogP contribution is 2.25. The second-order valence-electron chi connectivity index (χ2n) is 6.20. The summed E-state index contributed by atoms with van der Waals surface area (Å²) in [6, 6.07) is 5.14. The minimum atomic E-state index is -0.443. The number of benzene rings is 1. The first-order valence-corrected chi connectivity index (χ1v) is 8.41. The third kappa shape index (κ3) is 4.75. The number of nitro groups is 1. The Bertz CT molecular complexity index is 591. The van der Waals surface area contributed by atoms with Crippen molar-refractivity contribution in [3.05, 3.63) is 33.9 Å². The number of amides is 1. The van der Waals surface area contributed by atoms with Crippen LogP contribution >= 0.6 is 0 Å². The Labute approximate surface area is 141 Å². The summed E-state index contributed by atoms with van der Waals surface area (Å²) in [6.45, 7) is 3.51. The van der Waals surface area contributed by atoms with Crippen LogP contribution in [0.1, 0.15) is 37.7 Å². The Balaban J connectivity index is 1.87. The molecule has 7 nitrogen and oxygen atoms in total. The van der Waals surface area contributed by atoms with Crippen molar-refractivity contribution >= 4 is 17.3 Å². The van der Waals surface area contributed by atoms with Crippen molar-refractivity contribution in [1.29, 1.82) is 0 Å². The zero-order valence-electron chi connectivity index (χ0n) is 14.0. The molecule has 7 heteroatoms. The number of nitro benzene ring substituents is 1. The van der Waals surface area contributed by atoms with E-state index in [1.54, 1.807) is 19.1 Å². The van der Waals surface area contributed by atoms with E-state index in [-0.39, 0.29) is 18.2 Å². The van der Waals surface area contributed by atoms with Gasteiger partial charge in [-0.25, -0.2) is 0 Å². The van der Waals surface area contributed by atoms with Crippen LogP contribution in [0.15, 0.2) is 18.2 Å². The van der Waals surface area contributed by atoms with Crippen molar-refractivity contribution < 1.29 is 14.8 Å². The molecule has 2 N–H and O–H groups in total. The lowest BCUT2D eigenvalue weighted by molar-refractivity contribution is -0.385. The third-order valence-corrected chi connectivity index (χ3v) is 4.60. The molecule has 1 saturated heterocycles. The Morgan fingerprint density at radius 3 is 3.00 bits per heavy atom. The second kappa shape index (κ2) is 8.75. The molecule has 1 aliphatic heterocycles. The number of carbonyl (C=O) groups excluding carboxylic acids is 1. The van der Waals surface area contributed by atoms with E-state index in [4.69, 9.17) is 5.11 Å². The molecule has 24 heavy (non-hydrogen) atoms. The van der Waals surface area contributed by atoms with Gasteiger partial charge in [-0.3, -0.25) is 19.8 Å². The third-order valence-electron chi connectivity index (χ3n) is 4.60. The van der Waals surface area contributed by atoms with Crippen molar-refractivity contribution in [3.8, 4) is 0 Å². The highest BCUT2D eigenvalue weighted by Gasteiger charge is 2.24. The van der Waals surface area contributed by atoms with Crippen LogP contribution in [0.25, 0.3) is 0 Å². The lowest BCUT2D eigenvalue weighted by Gasteiger charge is -2.24. The number of rotatable bonds is 8. The number of aliphatic hydroxyl groups is 1. The smallest absolute Gasteiger partial charge is 0.274 e. The number of nitrogens with zero attached hydrogens (tertiary/aromatic N) is 2. The Morgan fingerprint density at radius 2 is 2.29 bits per heavy atom. The fraction of sp³-hybridized carbons (Fsp3) is 0.588. The van der Waals surface area contributed by atoms with E-state index in [0.29, 0.717) is 30.3 Å². The summed E-state index contributed by atoms with van der Waals surface area (Å²) in [6.07, 6.45) is 4.35. The number of carbonyl (C=O) groups is 1. The molecule has 2 rings (SSSR count). The van der Waals surface area contributed by atoms with Crippen LogP contribution in [0.5, 0.6) is 0 Å². The summed E-state index contributed by atoms with van der Waals surface area (Å²) in [5.74, 6) is -0.133. The molecule has 1 heterocycles. The van der Waals surface area contributed by atoms with Crippen molar-refractivity contribution in [2.45, 2.75) is 45.1 Å². The Morgan fingerprint density at radius 1 is 1.50 bits per heavy atom. The maximum absolute atomic E-state index is 12.2. The summed E-state index contributed by atoms with van der Waals surface area (Å²) >= 11 is 0. The van der Waals surface area contributed by atoms with Crippen LogP contribution in [0, 0.1) is 17.0 Å². The number of hydrogen-bond acceptors (Lipinski definition) is 5. The van der Waals surface area contributed by atoms with Gasteiger partial charge in [0, 0.05) is 31.7 Å². The lowest BCUT2D eigenvalue weighted by Crippen LogP contribution is -2.32. The predicted molar refractivity (Wildman–Crippen MR) is 92.0 cm³/mol. The van der Waals surface area contributed by atoms with Gasteiger partial charge in [0.25, 0.3) is 5.69 Å². The largest absolute Gasteiger partial charge is 0.396 e. The van der Waals surface area contributed by atoms with Gasteiger partial charge in [-0.1, -0.05) is 6.07 Å². The van der Waals surface area contributed by atoms with Gasteiger partial charge in [-0.05, 0) is 45.2 Å². The van der Waals surface area contributed by atoms with Crippen LogP contribution in [0.4, 0.5) is 11.4 Å². The molecule has 1 unspecified atom stereocenters. The van der Waals surface area contributed by atoms with Gasteiger partial charge in [-0.2, -0.15) is 0 Å². The summed E-state index contributed by atoms with van der Waals surface area (Å²) in [5, 5.41) is 22.7. The summed E-state index contributed by atoms with van der Waals surface area (Å²) in [4.78, 5) is 25.0. The second-order valence-corrected chi connectivity index (χ2v) is 6.20. The first kappa shape index (κ1) is 18.4. The van der Waals surface area contributed by atoms with Crippen LogP contribution in [-0.4, -0.2) is 46.6 Å². The molecule has 1 aliphatic rings. The van der Waals surface area contributed by atoms with Crippen LogP contribution in [0.2, 0.25) is 0 Å². The fourth-order valence-electron chi connectivity index (χ4n) is 3.26. The summed E-state index contributed by atoms with van der Waals surface area (Å²) < 4.78 is 0. The first-order chi connectivity index (χ1) is 11.5. The average molecular weight is 335 g/mol. The molecule has 0 radical (unpaired) electrons. The van der Waals surface area contributed by atoms with E-state index in [0.717, 1.165) is 32.2 Å². The van der Waals surface area contributed by atoms with Gasteiger partial charge in [0.2, 0.25) is 5.91 Å². The zero-order valence-corrected chi connectivity index (χ0v) is 14.0. The summed E-state index contributed by atoms with van der Waals surface area (Å²) in [5.41, 5.74) is 0.974. The van der Waals surface area contributed by atoms with Crippen molar-refractivity contribution in [3.63, 3.8) is 0 Å². The minimum absolute atomic E-state index is 0.0106. The molecule has 0 aromatic heterocycles. The van der Waals surface area contributed by atoms with Crippen molar-refractivity contribution in [1.82, 2.24) is 4.90 Å². The Kier molecular flexibility index (Phi) is 6.69. The highest BCUT2D eigenvalue weighted by molar-refractivity contribution is 5.92. The number of anilines is 1. The molecule has 1 fully saturated rings. The fourth-order valence-corrected chi connectivity index (χ4v) is 3.26. The molecule has 132 valence electrons. The highest BCUT2D eigenvalue weighted by atomic mass is 16.6. The molecule has 0 aliphatic carbocycles. The van der Waals surface area contributed by atoms with Gasteiger partial charge < -0.3 is 10.4 Å². The molecular formula is C17H25N3O4. The van der Waals surface area contributed by atoms with Crippen LogP contribution < -0.4 is 5.32 Å². The molecule has 1 aromatic carbocycles. The molecule has 0 spiro atoms. The molecule has 1 aromatic rings. The van der Waals surface area contributed by atoms with Crippen molar-refractivity contribution in [2.24, 2.45) is 0 Å². The minimum Gasteiger partial charge on any atom is -0.396 e. The number of nitrogens with one attached hydrogen (secondary N) is 1. The molecule has 0 bridgehead atoms. The maximum atomic E-state index is 12.2. The predicted octanol–water partition coefficient (Wildman–Crippen LogP) is 2.47. The number of likely N-dealkylation sites (tertiary alicyclic amines) is 1.